The van der Waals surface area contributed by atoms with E-state index in [2.05, 4.69) is 5.32 Å². The van der Waals surface area contributed by atoms with E-state index in [1.165, 1.54) is 13.8 Å². The van der Waals surface area contributed by atoms with E-state index in [-0.39, 0.29) is 5.57 Å². The SMILES string of the molecule is C/C(=C/C(=O)NC(C)(CO)CO)C(=O)O. The maximum absolute atomic E-state index is 11.2. The molecule has 0 radical (unpaired) electrons. The zero-order valence-electron chi connectivity index (χ0n) is 8.65. The minimum absolute atomic E-state index is 0.120. The van der Waals surface area contributed by atoms with Gasteiger partial charge in [-0.2, -0.15) is 0 Å². The topological polar surface area (TPSA) is 107 Å². The molecule has 0 unspecified atom stereocenters. The molecule has 0 bridgehead atoms. The van der Waals surface area contributed by atoms with Gasteiger partial charge in [0, 0.05) is 11.6 Å². The molecule has 0 rings (SSSR count). The van der Waals surface area contributed by atoms with Gasteiger partial charge in [-0.1, -0.05) is 0 Å². The van der Waals surface area contributed by atoms with Crippen molar-refractivity contribution in [3.8, 4) is 0 Å². The Morgan fingerprint density at radius 3 is 2.13 bits per heavy atom. The monoisotopic (exact) mass is 217 g/mol. The first-order valence-corrected chi connectivity index (χ1v) is 4.30. The summed E-state index contributed by atoms with van der Waals surface area (Å²) < 4.78 is 0. The molecular weight excluding hydrogens is 202 g/mol. The molecule has 1 amide bonds. The molecule has 0 aromatic rings. The third kappa shape index (κ3) is 4.57. The van der Waals surface area contributed by atoms with Crippen LogP contribution in [-0.2, 0) is 9.59 Å². The lowest BCUT2D eigenvalue weighted by Crippen LogP contribution is -2.51. The Kier molecular flexibility index (Phi) is 4.96. The predicted molar refractivity (Wildman–Crippen MR) is 52.1 cm³/mol. The van der Waals surface area contributed by atoms with Crippen molar-refractivity contribution in [3.05, 3.63) is 11.6 Å². The molecule has 4 N–H and O–H groups in total. The first-order valence-electron chi connectivity index (χ1n) is 4.30. The molecule has 0 heterocycles. The van der Waals surface area contributed by atoms with Gasteiger partial charge in [0.1, 0.15) is 0 Å². The Bertz CT molecular complexity index is 280. The lowest BCUT2D eigenvalue weighted by Gasteiger charge is -2.25. The smallest absolute Gasteiger partial charge is 0.331 e. The molecule has 15 heavy (non-hydrogen) atoms. The molecule has 0 aromatic heterocycles. The third-order valence-corrected chi connectivity index (χ3v) is 1.81. The van der Waals surface area contributed by atoms with Crippen LogP contribution in [0.5, 0.6) is 0 Å². The van der Waals surface area contributed by atoms with Crippen molar-refractivity contribution in [2.24, 2.45) is 0 Å². The number of carbonyl (C=O) groups excluding carboxylic acids is 1. The summed E-state index contributed by atoms with van der Waals surface area (Å²) in [7, 11) is 0. The molecule has 0 saturated carbocycles. The van der Waals surface area contributed by atoms with E-state index >= 15 is 0 Å². The van der Waals surface area contributed by atoms with E-state index < -0.39 is 30.6 Å². The summed E-state index contributed by atoms with van der Waals surface area (Å²) in [6.07, 6.45) is 0.895. The van der Waals surface area contributed by atoms with Gasteiger partial charge in [-0.25, -0.2) is 4.79 Å². The molecular formula is C9H15NO5. The largest absolute Gasteiger partial charge is 0.478 e. The number of amides is 1. The zero-order chi connectivity index (χ0) is 12.1. The second-order valence-corrected chi connectivity index (χ2v) is 3.50. The van der Waals surface area contributed by atoms with Crippen molar-refractivity contribution in [1.29, 1.82) is 0 Å². The second kappa shape index (κ2) is 5.47. The normalized spacial score (nSPS) is 12.4. The number of aliphatic hydroxyl groups excluding tert-OH is 2. The van der Waals surface area contributed by atoms with Crippen LogP contribution in [0.25, 0.3) is 0 Å². The average molecular weight is 217 g/mol. The summed E-state index contributed by atoms with van der Waals surface area (Å²) in [4.78, 5) is 21.6. The van der Waals surface area contributed by atoms with Gasteiger partial charge >= 0.3 is 5.97 Å². The fraction of sp³-hybridized carbons (Fsp3) is 0.556. The average Bonchev–Trinajstić information content (AvgIpc) is 2.17. The van der Waals surface area contributed by atoms with Gasteiger partial charge in [0.05, 0.1) is 18.8 Å². The van der Waals surface area contributed by atoms with E-state index in [4.69, 9.17) is 15.3 Å². The van der Waals surface area contributed by atoms with Gasteiger partial charge in [0.25, 0.3) is 0 Å². The van der Waals surface area contributed by atoms with Crippen molar-refractivity contribution in [2.45, 2.75) is 19.4 Å². The molecule has 0 atom stereocenters. The number of hydrogen-bond acceptors (Lipinski definition) is 4. The molecule has 0 aliphatic heterocycles. The van der Waals surface area contributed by atoms with Crippen molar-refractivity contribution >= 4 is 11.9 Å². The first kappa shape index (κ1) is 13.6. The number of hydrogen-bond donors (Lipinski definition) is 4. The highest BCUT2D eigenvalue weighted by Gasteiger charge is 2.23. The van der Waals surface area contributed by atoms with Gasteiger partial charge in [-0.05, 0) is 13.8 Å². The van der Waals surface area contributed by atoms with Gasteiger partial charge in [0.2, 0.25) is 5.91 Å². The van der Waals surface area contributed by atoms with Crippen molar-refractivity contribution < 1.29 is 24.9 Å². The minimum Gasteiger partial charge on any atom is -0.478 e. The fourth-order valence-electron chi connectivity index (χ4n) is 0.721. The second-order valence-electron chi connectivity index (χ2n) is 3.50. The van der Waals surface area contributed by atoms with Crippen LogP contribution in [0.2, 0.25) is 0 Å². The number of aliphatic carboxylic acids is 1. The molecule has 6 nitrogen and oxygen atoms in total. The maximum Gasteiger partial charge on any atom is 0.331 e. The number of carboxylic acid groups (broad SMARTS) is 1. The van der Waals surface area contributed by atoms with Crippen LogP contribution in [0.3, 0.4) is 0 Å². The number of carboxylic acids is 1. The van der Waals surface area contributed by atoms with E-state index in [1.54, 1.807) is 0 Å². The van der Waals surface area contributed by atoms with Crippen molar-refractivity contribution in [2.75, 3.05) is 13.2 Å². The quantitative estimate of drug-likeness (QED) is 0.436. The van der Waals surface area contributed by atoms with Gasteiger partial charge in [0.15, 0.2) is 0 Å². The van der Waals surface area contributed by atoms with Gasteiger partial charge in [-0.15, -0.1) is 0 Å². The summed E-state index contributed by atoms with van der Waals surface area (Å²) in [5.74, 6) is -1.86. The third-order valence-electron chi connectivity index (χ3n) is 1.81. The predicted octanol–water partition coefficient (Wildman–Crippen LogP) is -1.12. The van der Waals surface area contributed by atoms with Crippen LogP contribution in [0.15, 0.2) is 11.6 Å². The fourth-order valence-corrected chi connectivity index (χ4v) is 0.721. The number of aliphatic hydroxyl groups is 2. The molecule has 0 aliphatic carbocycles. The van der Waals surface area contributed by atoms with Crippen LogP contribution < -0.4 is 5.32 Å². The molecule has 0 spiro atoms. The van der Waals surface area contributed by atoms with Crippen LogP contribution in [0.1, 0.15) is 13.8 Å². The Morgan fingerprint density at radius 2 is 1.80 bits per heavy atom. The standard InChI is InChI=1S/C9H15NO5/c1-6(8(14)15)3-7(13)10-9(2,4-11)5-12/h3,11-12H,4-5H2,1-2H3,(H,10,13)(H,14,15)/b6-3-. The Morgan fingerprint density at radius 1 is 1.33 bits per heavy atom. The van der Waals surface area contributed by atoms with Crippen molar-refractivity contribution in [3.63, 3.8) is 0 Å². The highest BCUT2D eigenvalue weighted by atomic mass is 16.4. The highest BCUT2D eigenvalue weighted by Crippen LogP contribution is 2.01. The molecule has 0 aliphatic rings. The first-order chi connectivity index (χ1) is 6.84. The minimum atomic E-state index is -1.19. The summed E-state index contributed by atoms with van der Waals surface area (Å²) in [6, 6.07) is 0. The van der Waals surface area contributed by atoms with Gasteiger partial charge in [-0.3, -0.25) is 4.79 Å². The molecule has 0 saturated heterocycles. The number of rotatable bonds is 5. The summed E-state index contributed by atoms with van der Waals surface area (Å²) in [5.41, 5.74) is -1.27. The van der Waals surface area contributed by atoms with E-state index in [0.29, 0.717) is 0 Å². The summed E-state index contributed by atoms with van der Waals surface area (Å²) in [6.45, 7) is 1.84. The van der Waals surface area contributed by atoms with Crippen LogP contribution in [0.4, 0.5) is 0 Å². The molecule has 0 aromatic carbocycles. The number of carbonyl (C=O) groups is 2. The molecule has 86 valence electrons. The Labute approximate surface area is 87.2 Å². The highest BCUT2D eigenvalue weighted by molar-refractivity contribution is 5.97. The van der Waals surface area contributed by atoms with Crippen LogP contribution >= 0.6 is 0 Å². The molecule has 0 fully saturated rings. The summed E-state index contributed by atoms with van der Waals surface area (Å²) >= 11 is 0. The van der Waals surface area contributed by atoms with Crippen LogP contribution in [0, 0.1) is 0 Å². The lowest BCUT2D eigenvalue weighted by molar-refractivity contribution is -0.133. The Balaban J connectivity index is 4.50. The summed E-state index contributed by atoms with van der Waals surface area (Å²) in [5, 5.41) is 28.5. The van der Waals surface area contributed by atoms with Crippen molar-refractivity contribution in [1.82, 2.24) is 5.32 Å². The Hall–Kier alpha value is -1.40. The molecule has 6 heteroatoms. The van der Waals surface area contributed by atoms with E-state index in [0.717, 1.165) is 6.08 Å². The van der Waals surface area contributed by atoms with E-state index in [9.17, 15) is 9.59 Å². The van der Waals surface area contributed by atoms with Gasteiger partial charge < -0.3 is 20.6 Å². The van der Waals surface area contributed by atoms with E-state index in [1.807, 2.05) is 0 Å². The zero-order valence-corrected chi connectivity index (χ0v) is 8.65. The van der Waals surface area contributed by atoms with Crippen LogP contribution in [-0.4, -0.2) is 45.9 Å². The maximum atomic E-state index is 11.2. The lowest BCUT2D eigenvalue weighted by atomic mass is 10.1. The number of nitrogens with one attached hydrogen (secondary N) is 1.